The second-order valence-electron chi connectivity index (χ2n) is 7.83. The van der Waals surface area contributed by atoms with Crippen LogP contribution in [0.25, 0.3) is 0 Å². The van der Waals surface area contributed by atoms with Crippen molar-refractivity contribution < 1.29 is 5.11 Å². The maximum absolute atomic E-state index is 11.2. The third-order valence-corrected chi connectivity index (χ3v) is 7.59. The minimum atomic E-state index is -0.822. The average molecular weight is 362 g/mol. The van der Waals surface area contributed by atoms with Crippen LogP contribution >= 0.6 is 7.92 Å². The van der Waals surface area contributed by atoms with Crippen LogP contribution in [0.2, 0.25) is 0 Å². The molecule has 0 atom stereocenters. The molecule has 3 aromatic rings. The summed E-state index contributed by atoms with van der Waals surface area (Å²) in [4.78, 5) is 0. The molecule has 0 unspecified atom stereocenters. The Morgan fingerprint density at radius 3 is 1.58 bits per heavy atom. The summed E-state index contributed by atoms with van der Waals surface area (Å²) < 4.78 is 0. The fourth-order valence-corrected chi connectivity index (χ4v) is 6.01. The summed E-state index contributed by atoms with van der Waals surface area (Å²) >= 11 is 0. The van der Waals surface area contributed by atoms with Gasteiger partial charge in [0.15, 0.2) is 0 Å². The molecule has 1 nitrogen and oxygen atoms in total. The number of hydrogen-bond acceptors (Lipinski definition) is 1. The van der Waals surface area contributed by atoms with Gasteiger partial charge in [-0.25, -0.2) is 0 Å². The lowest BCUT2D eigenvalue weighted by Gasteiger charge is -2.27. The van der Waals surface area contributed by atoms with E-state index in [9.17, 15) is 5.11 Å². The first-order valence-electron chi connectivity index (χ1n) is 9.04. The van der Waals surface area contributed by atoms with Gasteiger partial charge in [-0.05, 0) is 54.5 Å². The van der Waals surface area contributed by atoms with E-state index < -0.39 is 7.92 Å². The topological polar surface area (TPSA) is 20.2 Å². The lowest BCUT2D eigenvalue weighted by atomic mass is 9.86. The standard InChI is InChI=1S/C24H27OP/c1-17-11-6-8-14-20(17)26(21-15-9-7-12-18(21)2)22-16-10-13-19(23(22)25)24(3,4)5/h6-16,25H,1-5H3. The highest BCUT2D eigenvalue weighted by Crippen LogP contribution is 2.41. The molecule has 0 saturated heterocycles. The minimum absolute atomic E-state index is 0.0986. The van der Waals surface area contributed by atoms with Crippen molar-refractivity contribution >= 4 is 23.8 Å². The van der Waals surface area contributed by atoms with Gasteiger partial charge >= 0.3 is 0 Å². The quantitative estimate of drug-likeness (QED) is 0.646. The molecule has 2 heteroatoms. The predicted octanol–water partition coefficient (Wildman–Crippen LogP) is 5.06. The van der Waals surface area contributed by atoms with Crippen LogP contribution in [0.5, 0.6) is 5.75 Å². The van der Waals surface area contributed by atoms with Crippen LogP contribution in [0.1, 0.15) is 37.5 Å². The number of para-hydroxylation sites is 1. The van der Waals surface area contributed by atoms with Crippen molar-refractivity contribution in [2.24, 2.45) is 0 Å². The minimum Gasteiger partial charge on any atom is -0.507 e. The summed E-state index contributed by atoms with van der Waals surface area (Å²) in [6.45, 7) is 10.8. The Kier molecular flexibility index (Phi) is 5.21. The van der Waals surface area contributed by atoms with Gasteiger partial charge in [0.2, 0.25) is 0 Å². The molecule has 26 heavy (non-hydrogen) atoms. The van der Waals surface area contributed by atoms with E-state index in [2.05, 4.69) is 95.3 Å². The zero-order chi connectivity index (χ0) is 18.9. The lowest BCUT2D eigenvalue weighted by molar-refractivity contribution is 0.451. The van der Waals surface area contributed by atoms with Gasteiger partial charge in [-0.15, -0.1) is 0 Å². The Labute approximate surface area is 158 Å². The molecule has 0 bridgehead atoms. The van der Waals surface area contributed by atoms with Gasteiger partial charge in [-0.3, -0.25) is 0 Å². The fourth-order valence-electron chi connectivity index (χ4n) is 3.33. The molecule has 0 saturated carbocycles. The highest BCUT2D eigenvalue weighted by atomic mass is 31.1. The van der Waals surface area contributed by atoms with Crippen LogP contribution in [0.4, 0.5) is 0 Å². The van der Waals surface area contributed by atoms with Crippen molar-refractivity contribution in [2.75, 3.05) is 0 Å². The summed E-state index contributed by atoms with van der Waals surface area (Å²) in [7, 11) is -0.822. The Balaban J connectivity index is 2.30. The van der Waals surface area contributed by atoms with Crippen molar-refractivity contribution in [1.82, 2.24) is 0 Å². The van der Waals surface area contributed by atoms with E-state index in [1.165, 1.54) is 21.7 Å². The number of benzene rings is 3. The van der Waals surface area contributed by atoms with Gasteiger partial charge in [-0.1, -0.05) is 87.5 Å². The number of hydrogen-bond donors (Lipinski definition) is 1. The fraction of sp³-hybridized carbons (Fsp3) is 0.250. The largest absolute Gasteiger partial charge is 0.507 e. The van der Waals surface area contributed by atoms with E-state index >= 15 is 0 Å². The average Bonchev–Trinajstić information content (AvgIpc) is 2.58. The molecule has 0 aliphatic carbocycles. The molecule has 0 heterocycles. The molecular weight excluding hydrogens is 335 g/mol. The van der Waals surface area contributed by atoms with E-state index in [0.29, 0.717) is 5.75 Å². The second kappa shape index (κ2) is 7.25. The van der Waals surface area contributed by atoms with Crippen molar-refractivity contribution in [3.8, 4) is 5.75 Å². The van der Waals surface area contributed by atoms with E-state index in [-0.39, 0.29) is 5.41 Å². The molecule has 0 aromatic heterocycles. The molecule has 3 aromatic carbocycles. The van der Waals surface area contributed by atoms with Crippen LogP contribution in [0, 0.1) is 13.8 Å². The zero-order valence-corrected chi connectivity index (χ0v) is 17.1. The van der Waals surface area contributed by atoms with Gasteiger partial charge in [0.1, 0.15) is 5.75 Å². The van der Waals surface area contributed by atoms with Crippen molar-refractivity contribution in [3.05, 3.63) is 83.4 Å². The van der Waals surface area contributed by atoms with Crippen LogP contribution in [-0.2, 0) is 5.41 Å². The SMILES string of the molecule is Cc1ccccc1P(c1ccccc1C)c1cccc(C(C)(C)C)c1O. The Bertz CT molecular complexity index is 876. The molecule has 0 fully saturated rings. The number of phenols is 1. The maximum atomic E-state index is 11.2. The number of aromatic hydroxyl groups is 1. The van der Waals surface area contributed by atoms with Gasteiger partial charge < -0.3 is 5.11 Å². The van der Waals surface area contributed by atoms with E-state index in [1.54, 1.807) is 0 Å². The monoisotopic (exact) mass is 362 g/mol. The Hall–Kier alpha value is -2.11. The second-order valence-corrected chi connectivity index (χ2v) is 9.95. The van der Waals surface area contributed by atoms with Crippen LogP contribution < -0.4 is 15.9 Å². The smallest absolute Gasteiger partial charge is 0.127 e. The van der Waals surface area contributed by atoms with Gasteiger partial charge in [0.25, 0.3) is 0 Å². The third-order valence-electron chi connectivity index (χ3n) is 4.78. The highest BCUT2D eigenvalue weighted by Gasteiger charge is 2.26. The Morgan fingerprint density at radius 1 is 0.654 bits per heavy atom. The highest BCUT2D eigenvalue weighted by molar-refractivity contribution is 7.80. The molecule has 0 aliphatic heterocycles. The zero-order valence-electron chi connectivity index (χ0n) is 16.2. The van der Waals surface area contributed by atoms with Gasteiger partial charge in [-0.2, -0.15) is 0 Å². The summed E-state index contributed by atoms with van der Waals surface area (Å²) in [5.41, 5.74) is 3.44. The number of rotatable bonds is 3. The number of phenolic OH excluding ortho intramolecular Hbond substituents is 1. The van der Waals surface area contributed by atoms with E-state index in [0.717, 1.165) is 10.9 Å². The van der Waals surface area contributed by atoms with Crippen LogP contribution in [0.15, 0.2) is 66.7 Å². The summed E-state index contributed by atoms with van der Waals surface area (Å²) in [6.07, 6.45) is 0. The summed E-state index contributed by atoms with van der Waals surface area (Å²) in [6, 6.07) is 23.3. The number of aryl methyl sites for hydroxylation is 2. The normalized spacial score (nSPS) is 11.8. The first kappa shape index (κ1) is 18.7. The first-order valence-corrected chi connectivity index (χ1v) is 10.4. The predicted molar refractivity (Wildman–Crippen MR) is 115 cm³/mol. The molecule has 134 valence electrons. The third kappa shape index (κ3) is 3.55. The molecule has 0 radical (unpaired) electrons. The molecular formula is C24H27OP. The first-order chi connectivity index (χ1) is 12.3. The van der Waals surface area contributed by atoms with Gasteiger partial charge in [0, 0.05) is 5.30 Å². The van der Waals surface area contributed by atoms with Crippen molar-refractivity contribution in [1.29, 1.82) is 0 Å². The summed E-state index contributed by atoms with van der Waals surface area (Å²) in [5, 5.41) is 14.9. The van der Waals surface area contributed by atoms with Crippen molar-refractivity contribution in [2.45, 2.75) is 40.0 Å². The Morgan fingerprint density at radius 2 is 1.12 bits per heavy atom. The van der Waals surface area contributed by atoms with Crippen LogP contribution in [-0.4, -0.2) is 5.11 Å². The van der Waals surface area contributed by atoms with E-state index in [1.807, 2.05) is 6.07 Å². The lowest BCUT2D eigenvalue weighted by Crippen LogP contribution is -2.25. The molecule has 1 N–H and O–H groups in total. The molecule has 0 amide bonds. The molecule has 0 spiro atoms. The maximum Gasteiger partial charge on any atom is 0.127 e. The summed E-state index contributed by atoms with van der Waals surface area (Å²) in [5.74, 6) is 0.442. The van der Waals surface area contributed by atoms with Crippen LogP contribution in [0.3, 0.4) is 0 Å². The molecule has 0 aliphatic rings. The van der Waals surface area contributed by atoms with E-state index in [4.69, 9.17) is 0 Å². The molecule has 3 rings (SSSR count). The van der Waals surface area contributed by atoms with Gasteiger partial charge in [0.05, 0.1) is 0 Å². The van der Waals surface area contributed by atoms with Crippen molar-refractivity contribution in [3.63, 3.8) is 0 Å².